The maximum absolute atomic E-state index is 5.92. The summed E-state index contributed by atoms with van der Waals surface area (Å²) in [4.78, 5) is 0. The topological polar surface area (TPSA) is 35.2 Å². The molecule has 0 spiro atoms. The maximum atomic E-state index is 5.92. The van der Waals surface area contributed by atoms with Gasteiger partial charge in [-0.05, 0) is 31.4 Å². The zero-order chi connectivity index (χ0) is 11.4. The minimum atomic E-state index is 0.103. The van der Waals surface area contributed by atoms with E-state index in [-0.39, 0.29) is 6.04 Å². The van der Waals surface area contributed by atoms with Gasteiger partial charge in [-0.25, -0.2) is 0 Å². The molecular formula is C13H21NO. The third kappa shape index (κ3) is 3.56. The monoisotopic (exact) mass is 207 g/mol. The van der Waals surface area contributed by atoms with Crippen LogP contribution in [-0.2, 0) is 0 Å². The molecule has 2 N–H and O–H groups in total. The van der Waals surface area contributed by atoms with Gasteiger partial charge in [0, 0.05) is 6.04 Å². The first-order chi connectivity index (χ1) is 7.00. The Hall–Kier alpha value is -1.02. The highest BCUT2D eigenvalue weighted by Gasteiger charge is 2.08. The van der Waals surface area contributed by atoms with E-state index in [9.17, 15) is 0 Å². The smallest absolute Gasteiger partial charge is 0.122 e. The van der Waals surface area contributed by atoms with Crippen molar-refractivity contribution in [1.29, 1.82) is 0 Å². The highest BCUT2D eigenvalue weighted by molar-refractivity contribution is 5.35. The Labute approximate surface area is 92.4 Å². The molecule has 0 aliphatic carbocycles. The largest absolute Gasteiger partial charge is 0.492 e. The number of rotatable bonds is 4. The van der Waals surface area contributed by atoms with E-state index in [0.717, 1.165) is 5.75 Å². The van der Waals surface area contributed by atoms with Crippen molar-refractivity contribution in [2.45, 2.75) is 33.7 Å². The average molecular weight is 207 g/mol. The Morgan fingerprint density at radius 3 is 2.47 bits per heavy atom. The predicted octanol–water partition coefficient (Wildman–Crippen LogP) is 2.67. The lowest BCUT2D eigenvalue weighted by Crippen LogP contribution is -2.33. The summed E-state index contributed by atoms with van der Waals surface area (Å²) in [5.41, 5.74) is 8.35. The van der Waals surface area contributed by atoms with Gasteiger partial charge in [-0.2, -0.15) is 0 Å². The molecule has 1 unspecified atom stereocenters. The van der Waals surface area contributed by atoms with Gasteiger partial charge in [0.05, 0.1) is 0 Å². The first kappa shape index (κ1) is 12.1. The van der Waals surface area contributed by atoms with Gasteiger partial charge >= 0.3 is 0 Å². The Balaban J connectivity index is 2.58. The van der Waals surface area contributed by atoms with E-state index < -0.39 is 0 Å². The van der Waals surface area contributed by atoms with Crippen molar-refractivity contribution < 1.29 is 4.74 Å². The molecule has 15 heavy (non-hydrogen) atoms. The molecule has 0 fully saturated rings. The molecule has 84 valence electrons. The van der Waals surface area contributed by atoms with E-state index in [2.05, 4.69) is 39.8 Å². The minimum absolute atomic E-state index is 0.103. The molecule has 1 aromatic carbocycles. The molecule has 0 aromatic heterocycles. The van der Waals surface area contributed by atoms with Gasteiger partial charge in [0.1, 0.15) is 12.4 Å². The Morgan fingerprint density at radius 2 is 1.93 bits per heavy atom. The number of ether oxygens (including phenoxy) is 1. The number of benzene rings is 1. The van der Waals surface area contributed by atoms with E-state index in [0.29, 0.717) is 12.5 Å². The predicted molar refractivity (Wildman–Crippen MR) is 64.2 cm³/mol. The summed E-state index contributed by atoms with van der Waals surface area (Å²) >= 11 is 0. The summed E-state index contributed by atoms with van der Waals surface area (Å²) in [6.07, 6.45) is 0. The fraction of sp³-hybridized carbons (Fsp3) is 0.538. The van der Waals surface area contributed by atoms with Crippen LogP contribution in [0.3, 0.4) is 0 Å². The third-order valence-corrected chi connectivity index (χ3v) is 2.62. The quantitative estimate of drug-likeness (QED) is 0.823. The van der Waals surface area contributed by atoms with E-state index in [1.54, 1.807) is 0 Å². The molecule has 0 aliphatic heterocycles. The second kappa shape index (κ2) is 5.17. The van der Waals surface area contributed by atoms with Crippen molar-refractivity contribution in [3.8, 4) is 5.75 Å². The van der Waals surface area contributed by atoms with Crippen LogP contribution in [0, 0.1) is 19.8 Å². The molecule has 0 amide bonds. The van der Waals surface area contributed by atoms with Gasteiger partial charge in [0.25, 0.3) is 0 Å². The average Bonchev–Trinajstić information content (AvgIpc) is 2.15. The van der Waals surface area contributed by atoms with Crippen LogP contribution < -0.4 is 10.5 Å². The molecule has 1 atom stereocenters. The summed E-state index contributed by atoms with van der Waals surface area (Å²) in [5.74, 6) is 1.40. The van der Waals surface area contributed by atoms with Crippen LogP contribution in [0.15, 0.2) is 18.2 Å². The van der Waals surface area contributed by atoms with Crippen LogP contribution in [0.4, 0.5) is 0 Å². The molecule has 0 aliphatic rings. The van der Waals surface area contributed by atoms with Gasteiger partial charge in [0.2, 0.25) is 0 Å². The van der Waals surface area contributed by atoms with Crippen molar-refractivity contribution >= 4 is 0 Å². The van der Waals surface area contributed by atoms with Crippen LogP contribution in [0.2, 0.25) is 0 Å². The van der Waals surface area contributed by atoms with Crippen molar-refractivity contribution in [3.05, 3.63) is 29.3 Å². The zero-order valence-corrected chi connectivity index (χ0v) is 10.1. The molecule has 0 bridgehead atoms. The lowest BCUT2D eigenvalue weighted by atomic mass is 10.1. The molecule has 0 heterocycles. The van der Waals surface area contributed by atoms with Crippen molar-refractivity contribution in [2.75, 3.05) is 6.61 Å². The first-order valence-electron chi connectivity index (χ1n) is 5.46. The summed E-state index contributed by atoms with van der Waals surface area (Å²) < 4.78 is 5.69. The van der Waals surface area contributed by atoms with Gasteiger partial charge in [0.15, 0.2) is 0 Å². The van der Waals surface area contributed by atoms with E-state index in [1.807, 2.05) is 6.07 Å². The lowest BCUT2D eigenvalue weighted by Gasteiger charge is -2.17. The van der Waals surface area contributed by atoms with Crippen molar-refractivity contribution in [1.82, 2.24) is 0 Å². The molecule has 1 aromatic rings. The van der Waals surface area contributed by atoms with E-state index in [1.165, 1.54) is 11.1 Å². The van der Waals surface area contributed by atoms with Gasteiger partial charge in [-0.3, -0.25) is 0 Å². The number of hydrogen-bond donors (Lipinski definition) is 1. The van der Waals surface area contributed by atoms with Crippen LogP contribution >= 0.6 is 0 Å². The minimum Gasteiger partial charge on any atom is -0.492 e. The van der Waals surface area contributed by atoms with Crippen molar-refractivity contribution in [2.24, 2.45) is 11.7 Å². The van der Waals surface area contributed by atoms with E-state index in [4.69, 9.17) is 10.5 Å². The fourth-order valence-corrected chi connectivity index (χ4v) is 1.34. The van der Waals surface area contributed by atoms with Gasteiger partial charge in [-0.15, -0.1) is 0 Å². The fourth-order valence-electron chi connectivity index (χ4n) is 1.34. The van der Waals surface area contributed by atoms with Crippen LogP contribution in [0.25, 0.3) is 0 Å². The third-order valence-electron chi connectivity index (χ3n) is 2.62. The highest BCUT2D eigenvalue weighted by atomic mass is 16.5. The van der Waals surface area contributed by atoms with Gasteiger partial charge < -0.3 is 10.5 Å². The molecule has 0 saturated carbocycles. The van der Waals surface area contributed by atoms with Crippen LogP contribution in [0.1, 0.15) is 25.0 Å². The molecule has 0 saturated heterocycles. The number of aryl methyl sites for hydroxylation is 2. The van der Waals surface area contributed by atoms with Gasteiger partial charge in [-0.1, -0.05) is 31.5 Å². The summed E-state index contributed by atoms with van der Waals surface area (Å²) in [5, 5.41) is 0. The molecular weight excluding hydrogens is 186 g/mol. The molecule has 2 heteroatoms. The highest BCUT2D eigenvalue weighted by Crippen LogP contribution is 2.19. The summed E-state index contributed by atoms with van der Waals surface area (Å²) in [7, 11) is 0. The maximum Gasteiger partial charge on any atom is 0.122 e. The second-order valence-corrected chi connectivity index (χ2v) is 4.49. The second-order valence-electron chi connectivity index (χ2n) is 4.49. The summed E-state index contributed by atoms with van der Waals surface area (Å²) in [6.45, 7) is 8.94. The normalized spacial score (nSPS) is 12.9. The first-order valence-corrected chi connectivity index (χ1v) is 5.46. The summed E-state index contributed by atoms with van der Waals surface area (Å²) in [6, 6.07) is 6.29. The Bertz CT molecular complexity index is 320. The number of nitrogens with two attached hydrogens (primary N) is 1. The van der Waals surface area contributed by atoms with E-state index >= 15 is 0 Å². The molecule has 1 rings (SSSR count). The molecule has 2 nitrogen and oxygen atoms in total. The SMILES string of the molecule is Cc1ccc(OCC(N)C(C)C)c(C)c1. The Kier molecular flexibility index (Phi) is 4.15. The van der Waals surface area contributed by atoms with Crippen molar-refractivity contribution in [3.63, 3.8) is 0 Å². The lowest BCUT2D eigenvalue weighted by molar-refractivity contribution is 0.258. The molecule has 0 radical (unpaired) electrons. The zero-order valence-electron chi connectivity index (χ0n) is 10.1. The Morgan fingerprint density at radius 1 is 1.27 bits per heavy atom. The van der Waals surface area contributed by atoms with Crippen LogP contribution in [0.5, 0.6) is 5.75 Å². The standard InChI is InChI=1S/C13H21NO/c1-9(2)12(14)8-15-13-6-5-10(3)7-11(13)4/h5-7,9,12H,8,14H2,1-4H3. The van der Waals surface area contributed by atoms with Crippen LogP contribution in [-0.4, -0.2) is 12.6 Å². The number of hydrogen-bond acceptors (Lipinski definition) is 2.